The second kappa shape index (κ2) is 7.22. The number of halogens is 3. The van der Waals surface area contributed by atoms with Crippen LogP contribution in [0.3, 0.4) is 0 Å². The third-order valence-electron chi connectivity index (χ3n) is 6.33. The fraction of sp³-hybridized carbons (Fsp3) is 0.944. The molecule has 3 aliphatic rings. The van der Waals surface area contributed by atoms with Gasteiger partial charge in [-0.3, -0.25) is 9.69 Å². The molecule has 0 bridgehead atoms. The lowest BCUT2D eigenvalue weighted by Gasteiger charge is -2.38. The van der Waals surface area contributed by atoms with E-state index in [0.717, 1.165) is 45.3 Å². The summed E-state index contributed by atoms with van der Waals surface area (Å²) in [7, 11) is 0. The van der Waals surface area contributed by atoms with Crippen LogP contribution in [0.2, 0.25) is 0 Å². The lowest BCUT2D eigenvalue weighted by Crippen LogP contribution is -2.50. The summed E-state index contributed by atoms with van der Waals surface area (Å²) in [6, 6.07) is 0.620. The Labute approximate surface area is 142 Å². The van der Waals surface area contributed by atoms with Gasteiger partial charge in [0.15, 0.2) is 0 Å². The van der Waals surface area contributed by atoms with Crippen molar-refractivity contribution in [1.29, 1.82) is 0 Å². The van der Waals surface area contributed by atoms with Crippen LogP contribution in [-0.2, 0) is 4.79 Å². The summed E-state index contributed by atoms with van der Waals surface area (Å²) in [5.41, 5.74) is 0. The maximum atomic E-state index is 13.0. The van der Waals surface area contributed by atoms with E-state index < -0.39 is 18.0 Å². The SMILES string of the molecule is CCN1CCC[C@@H]1[C@@H]1CCCN1C(=O)[C@H]1CCC[C@@H](C(F)(F)F)C1. The van der Waals surface area contributed by atoms with Gasteiger partial charge < -0.3 is 4.90 Å². The molecule has 1 saturated carbocycles. The number of alkyl halides is 3. The van der Waals surface area contributed by atoms with Crippen LogP contribution < -0.4 is 0 Å². The van der Waals surface area contributed by atoms with Crippen molar-refractivity contribution >= 4 is 5.91 Å². The smallest absolute Gasteiger partial charge is 0.338 e. The quantitative estimate of drug-likeness (QED) is 0.775. The maximum absolute atomic E-state index is 13.0. The Hall–Kier alpha value is -0.780. The number of amides is 1. The van der Waals surface area contributed by atoms with E-state index in [1.54, 1.807) is 0 Å². The molecule has 1 amide bonds. The Morgan fingerprint density at radius 2 is 1.71 bits per heavy atom. The molecule has 6 heteroatoms. The van der Waals surface area contributed by atoms with Crippen LogP contribution in [0.1, 0.15) is 58.3 Å². The molecule has 0 N–H and O–H groups in total. The number of likely N-dealkylation sites (N-methyl/N-ethyl adjacent to an activating group) is 1. The van der Waals surface area contributed by atoms with Crippen molar-refractivity contribution in [2.24, 2.45) is 11.8 Å². The Morgan fingerprint density at radius 3 is 2.42 bits per heavy atom. The Kier molecular flexibility index (Phi) is 5.42. The molecule has 3 nitrogen and oxygen atoms in total. The van der Waals surface area contributed by atoms with Gasteiger partial charge in [-0.05, 0) is 58.0 Å². The first kappa shape index (κ1) is 18.0. The van der Waals surface area contributed by atoms with Crippen molar-refractivity contribution in [2.45, 2.75) is 76.6 Å². The van der Waals surface area contributed by atoms with Gasteiger partial charge in [-0.1, -0.05) is 13.3 Å². The van der Waals surface area contributed by atoms with Crippen molar-refractivity contribution in [3.8, 4) is 0 Å². The lowest BCUT2D eigenvalue weighted by molar-refractivity contribution is -0.187. The molecular formula is C18H29F3N2O. The van der Waals surface area contributed by atoms with E-state index in [1.165, 1.54) is 0 Å². The van der Waals surface area contributed by atoms with E-state index in [-0.39, 0.29) is 24.8 Å². The van der Waals surface area contributed by atoms with Gasteiger partial charge in [0.1, 0.15) is 0 Å². The first-order valence-corrected chi connectivity index (χ1v) is 9.53. The van der Waals surface area contributed by atoms with E-state index in [1.807, 2.05) is 4.90 Å². The van der Waals surface area contributed by atoms with Crippen molar-refractivity contribution < 1.29 is 18.0 Å². The molecule has 0 unspecified atom stereocenters. The monoisotopic (exact) mass is 346 g/mol. The first-order chi connectivity index (χ1) is 11.4. The highest BCUT2D eigenvalue weighted by Gasteiger charge is 2.46. The minimum absolute atomic E-state index is 0.00518. The zero-order chi connectivity index (χ0) is 17.3. The van der Waals surface area contributed by atoms with Gasteiger partial charge in [0.05, 0.1) is 5.92 Å². The van der Waals surface area contributed by atoms with Crippen molar-refractivity contribution in [3.05, 3.63) is 0 Å². The highest BCUT2D eigenvalue weighted by Crippen LogP contribution is 2.41. The second-order valence-corrected chi connectivity index (χ2v) is 7.68. The molecule has 2 aliphatic heterocycles. The minimum Gasteiger partial charge on any atom is -0.338 e. The highest BCUT2D eigenvalue weighted by molar-refractivity contribution is 5.79. The van der Waals surface area contributed by atoms with E-state index in [0.29, 0.717) is 18.9 Å². The van der Waals surface area contributed by atoms with Crippen molar-refractivity contribution in [2.75, 3.05) is 19.6 Å². The zero-order valence-corrected chi connectivity index (χ0v) is 14.5. The largest absolute Gasteiger partial charge is 0.391 e. The average Bonchev–Trinajstić information content (AvgIpc) is 3.21. The molecule has 2 heterocycles. The van der Waals surface area contributed by atoms with Crippen LogP contribution in [0, 0.1) is 11.8 Å². The van der Waals surface area contributed by atoms with Crippen molar-refractivity contribution in [1.82, 2.24) is 9.80 Å². The summed E-state index contributed by atoms with van der Waals surface area (Å²) < 4.78 is 39.1. The van der Waals surface area contributed by atoms with E-state index in [2.05, 4.69) is 11.8 Å². The third kappa shape index (κ3) is 3.58. The molecule has 2 saturated heterocycles. The fourth-order valence-corrected chi connectivity index (χ4v) is 5.09. The second-order valence-electron chi connectivity index (χ2n) is 7.68. The third-order valence-corrected chi connectivity index (χ3v) is 6.33. The fourth-order valence-electron chi connectivity index (χ4n) is 5.09. The summed E-state index contributed by atoms with van der Waals surface area (Å²) in [6.07, 6.45) is 1.42. The number of likely N-dealkylation sites (tertiary alicyclic amines) is 2. The van der Waals surface area contributed by atoms with Gasteiger partial charge in [0, 0.05) is 24.5 Å². The standard InChI is InChI=1S/C18H29F3N2O/c1-2-22-10-4-8-15(22)16-9-5-11-23(16)17(24)13-6-3-7-14(12-13)18(19,20)21/h13-16H,2-12H2,1H3/t13-,14+,15+,16-/m0/s1. The van der Waals surface area contributed by atoms with E-state index in [9.17, 15) is 18.0 Å². The molecule has 3 rings (SSSR count). The van der Waals surface area contributed by atoms with Crippen LogP contribution in [0.25, 0.3) is 0 Å². The molecule has 0 radical (unpaired) electrons. The number of hydrogen-bond acceptors (Lipinski definition) is 2. The summed E-state index contributed by atoms with van der Waals surface area (Å²) in [4.78, 5) is 17.4. The minimum atomic E-state index is -4.16. The van der Waals surface area contributed by atoms with Gasteiger partial charge >= 0.3 is 6.18 Å². The normalized spacial score (nSPS) is 35.6. The van der Waals surface area contributed by atoms with Crippen LogP contribution >= 0.6 is 0 Å². The molecule has 0 aromatic rings. The van der Waals surface area contributed by atoms with Crippen LogP contribution in [0.15, 0.2) is 0 Å². The maximum Gasteiger partial charge on any atom is 0.391 e. The number of rotatable bonds is 3. The number of carbonyl (C=O) groups is 1. The summed E-state index contributed by atoms with van der Waals surface area (Å²) >= 11 is 0. The Balaban J connectivity index is 1.67. The van der Waals surface area contributed by atoms with E-state index in [4.69, 9.17) is 0 Å². The molecule has 138 valence electrons. The summed E-state index contributed by atoms with van der Waals surface area (Å²) in [6.45, 7) is 4.95. The van der Waals surface area contributed by atoms with E-state index >= 15 is 0 Å². The molecule has 0 spiro atoms. The van der Waals surface area contributed by atoms with Crippen LogP contribution in [0.4, 0.5) is 13.2 Å². The predicted molar refractivity (Wildman–Crippen MR) is 86.5 cm³/mol. The van der Waals surface area contributed by atoms with Gasteiger partial charge in [0.2, 0.25) is 5.91 Å². The molecule has 0 aromatic heterocycles. The van der Waals surface area contributed by atoms with Gasteiger partial charge in [0.25, 0.3) is 0 Å². The highest BCUT2D eigenvalue weighted by atomic mass is 19.4. The summed E-state index contributed by atoms with van der Waals surface area (Å²) in [5, 5.41) is 0. The van der Waals surface area contributed by atoms with Gasteiger partial charge in [-0.15, -0.1) is 0 Å². The van der Waals surface area contributed by atoms with Crippen LogP contribution in [0.5, 0.6) is 0 Å². The molecular weight excluding hydrogens is 317 g/mol. The number of carbonyl (C=O) groups excluding carboxylic acids is 1. The number of nitrogens with zero attached hydrogens (tertiary/aromatic N) is 2. The molecule has 4 atom stereocenters. The van der Waals surface area contributed by atoms with Gasteiger partial charge in [-0.25, -0.2) is 0 Å². The molecule has 0 aromatic carbocycles. The van der Waals surface area contributed by atoms with Crippen molar-refractivity contribution in [3.63, 3.8) is 0 Å². The number of hydrogen-bond donors (Lipinski definition) is 0. The zero-order valence-electron chi connectivity index (χ0n) is 14.5. The Bertz CT molecular complexity index is 454. The van der Waals surface area contributed by atoms with Crippen LogP contribution in [-0.4, -0.2) is 53.6 Å². The molecule has 1 aliphatic carbocycles. The first-order valence-electron chi connectivity index (χ1n) is 9.53. The predicted octanol–water partition coefficient (Wildman–Crippen LogP) is 3.83. The lowest BCUT2D eigenvalue weighted by atomic mass is 9.80. The van der Waals surface area contributed by atoms with Gasteiger partial charge in [-0.2, -0.15) is 13.2 Å². The average molecular weight is 346 g/mol. The topological polar surface area (TPSA) is 23.6 Å². The summed E-state index contributed by atoms with van der Waals surface area (Å²) in [5.74, 6) is -1.73. The Morgan fingerprint density at radius 1 is 1.00 bits per heavy atom. The molecule has 24 heavy (non-hydrogen) atoms. The molecule has 3 fully saturated rings.